The molecule has 1 atom stereocenters. The van der Waals surface area contributed by atoms with E-state index in [1.165, 1.54) is 10.7 Å². The minimum Gasteiger partial charge on any atom is -0.534 e. The van der Waals surface area contributed by atoms with Gasteiger partial charge in [0.1, 0.15) is 11.3 Å². The number of nitrogens with two attached hydrogens (primary N) is 1. The Bertz CT molecular complexity index is 840. The maximum absolute atomic E-state index is 12.8. The Morgan fingerprint density at radius 2 is 2.26 bits per heavy atom. The molecule has 2 heterocycles. The molecule has 1 amide bonds. The summed E-state index contributed by atoms with van der Waals surface area (Å²) in [6.45, 7) is 3.55. The first kappa shape index (κ1) is 19.3. The van der Waals surface area contributed by atoms with Crippen LogP contribution in [0.5, 0.6) is 5.75 Å². The van der Waals surface area contributed by atoms with E-state index in [2.05, 4.69) is 15.6 Å². The predicted molar refractivity (Wildman–Crippen MR) is 95.1 cm³/mol. The van der Waals surface area contributed by atoms with Gasteiger partial charge in [-0.3, -0.25) is 4.79 Å². The Kier molecular flexibility index (Phi) is 5.20. The number of aliphatic hydroxyl groups is 2. The molecule has 144 valence electrons. The summed E-state index contributed by atoms with van der Waals surface area (Å²) in [5.74, 6) is -0.882. The SMILES string of the molecule is CC(C)(C(=O)N[C@H]1Cc2cccc(C(O)O)c2OB1O)n1cc(CN)nn1. The van der Waals surface area contributed by atoms with Crippen molar-refractivity contribution in [3.8, 4) is 5.75 Å². The molecular weight excluding hydrogens is 353 g/mol. The van der Waals surface area contributed by atoms with E-state index in [0.717, 1.165) is 0 Å². The summed E-state index contributed by atoms with van der Waals surface area (Å²) in [6, 6.07) is 4.89. The third-order valence-corrected chi connectivity index (χ3v) is 4.62. The van der Waals surface area contributed by atoms with Gasteiger partial charge in [0.25, 0.3) is 0 Å². The first-order chi connectivity index (χ1) is 12.7. The molecule has 27 heavy (non-hydrogen) atoms. The number of hydrogen-bond acceptors (Lipinski definition) is 8. The van der Waals surface area contributed by atoms with E-state index in [9.17, 15) is 20.0 Å². The zero-order valence-corrected chi connectivity index (χ0v) is 15.0. The molecule has 3 rings (SSSR count). The molecule has 0 fully saturated rings. The fourth-order valence-electron chi connectivity index (χ4n) is 2.89. The Balaban J connectivity index is 1.78. The number of aliphatic hydroxyl groups excluding tert-OH is 1. The summed E-state index contributed by atoms with van der Waals surface area (Å²) in [7, 11) is -1.34. The van der Waals surface area contributed by atoms with Crippen molar-refractivity contribution in [3.63, 3.8) is 0 Å². The number of carbonyl (C=O) groups excluding carboxylic acids is 1. The van der Waals surface area contributed by atoms with Gasteiger partial charge in [-0.25, -0.2) is 4.68 Å². The normalized spacial score (nSPS) is 16.9. The highest BCUT2D eigenvalue weighted by Crippen LogP contribution is 2.33. The number of amides is 1. The molecule has 0 bridgehead atoms. The average molecular weight is 375 g/mol. The number of nitrogens with zero attached hydrogens (tertiary/aromatic N) is 3. The molecule has 0 spiro atoms. The quantitative estimate of drug-likeness (QED) is 0.315. The van der Waals surface area contributed by atoms with Gasteiger partial charge in [0.15, 0.2) is 6.29 Å². The van der Waals surface area contributed by atoms with Crippen LogP contribution < -0.4 is 15.7 Å². The van der Waals surface area contributed by atoms with Crippen LogP contribution >= 0.6 is 0 Å². The summed E-state index contributed by atoms with van der Waals surface area (Å²) >= 11 is 0. The molecule has 0 aliphatic carbocycles. The van der Waals surface area contributed by atoms with Gasteiger partial charge in [-0.15, -0.1) is 5.10 Å². The molecule has 10 nitrogen and oxygen atoms in total. The molecule has 1 aromatic carbocycles. The highest BCUT2D eigenvalue weighted by atomic mass is 16.5. The van der Waals surface area contributed by atoms with E-state index in [0.29, 0.717) is 11.3 Å². The van der Waals surface area contributed by atoms with E-state index in [4.69, 9.17) is 10.4 Å². The maximum Gasteiger partial charge on any atom is 0.547 e. The fourth-order valence-corrected chi connectivity index (χ4v) is 2.89. The third kappa shape index (κ3) is 3.67. The fraction of sp³-hybridized carbons (Fsp3) is 0.438. The second-order valence-electron chi connectivity index (χ2n) is 6.92. The topological polar surface area (TPSA) is 156 Å². The van der Waals surface area contributed by atoms with Crippen LogP contribution in [0, 0.1) is 0 Å². The van der Waals surface area contributed by atoms with E-state index >= 15 is 0 Å². The average Bonchev–Trinajstić information content (AvgIpc) is 3.11. The number of fused-ring (bicyclic) bond motifs is 1. The molecule has 1 aliphatic rings. The molecule has 1 aliphatic heterocycles. The van der Waals surface area contributed by atoms with E-state index in [-0.39, 0.29) is 30.2 Å². The number of nitrogens with one attached hydrogen (secondary N) is 1. The molecule has 0 unspecified atom stereocenters. The van der Waals surface area contributed by atoms with Crippen LogP contribution in [0.3, 0.4) is 0 Å². The molecule has 0 radical (unpaired) electrons. The molecule has 11 heteroatoms. The van der Waals surface area contributed by atoms with E-state index < -0.39 is 24.9 Å². The van der Waals surface area contributed by atoms with Crippen molar-refractivity contribution in [2.75, 3.05) is 0 Å². The Morgan fingerprint density at radius 3 is 2.89 bits per heavy atom. The number of aromatic nitrogens is 3. The number of hydrogen-bond donors (Lipinski definition) is 5. The highest BCUT2D eigenvalue weighted by molar-refractivity contribution is 6.46. The lowest BCUT2D eigenvalue weighted by Crippen LogP contribution is -2.57. The zero-order chi connectivity index (χ0) is 19.8. The molecule has 0 saturated carbocycles. The summed E-state index contributed by atoms with van der Waals surface area (Å²) in [4.78, 5) is 12.8. The van der Waals surface area contributed by atoms with E-state index in [1.807, 2.05) is 0 Å². The van der Waals surface area contributed by atoms with Gasteiger partial charge in [0.2, 0.25) is 5.91 Å². The van der Waals surface area contributed by atoms with Crippen LogP contribution in [0.2, 0.25) is 0 Å². The number of rotatable bonds is 5. The van der Waals surface area contributed by atoms with Gasteiger partial charge in [-0.05, 0) is 25.8 Å². The lowest BCUT2D eigenvalue weighted by atomic mass is 9.72. The molecule has 2 aromatic rings. The summed E-state index contributed by atoms with van der Waals surface area (Å²) < 4.78 is 6.86. The lowest BCUT2D eigenvalue weighted by Gasteiger charge is -2.32. The summed E-state index contributed by atoms with van der Waals surface area (Å²) in [5.41, 5.74) is 5.83. The molecule has 6 N–H and O–H groups in total. The Labute approximate surface area is 156 Å². The number of para-hydroxylation sites is 1. The monoisotopic (exact) mass is 375 g/mol. The van der Waals surface area contributed by atoms with Crippen molar-refractivity contribution in [3.05, 3.63) is 41.2 Å². The molecule has 0 saturated heterocycles. The third-order valence-electron chi connectivity index (χ3n) is 4.62. The maximum atomic E-state index is 12.8. The van der Waals surface area contributed by atoms with Crippen LogP contribution in [0.1, 0.15) is 37.0 Å². The second kappa shape index (κ2) is 7.27. The van der Waals surface area contributed by atoms with Gasteiger partial charge >= 0.3 is 7.12 Å². The van der Waals surface area contributed by atoms with Crippen LogP contribution in [0.15, 0.2) is 24.4 Å². The van der Waals surface area contributed by atoms with Crippen LogP contribution in [0.25, 0.3) is 0 Å². The van der Waals surface area contributed by atoms with Gasteiger partial charge < -0.3 is 30.9 Å². The number of benzene rings is 1. The largest absolute Gasteiger partial charge is 0.547 e. The standard InChI is InChI=1S/C16H22BN5O5/c1-16(2,22-8-10(7-18)20-21-22)15(25)19-12-6-9-4-3-5-11(14(23)24)13(9)27-17(12)26/h3-5,8,12,14,23-24,26H,6-7,18H2,1-2H3,(H,19,25)/t12-/m0/s1. The first-order valence-electron chi connectivity index (χ1n) is 8.49. The number of carbonyl (C=O) groups is 1. The molecular formula is C16H22BN5O5. The summed E-state index contributed by atoms with van der Waals surface area (Å²) in [6.07, 6.45) is 0.142. The lowest BCUT2D eigenvalue weighted by molar-refractivity contribution is -0.129. The Hall–Kier alpha value is -2.47. The van der Waals surface area contributed by atoms with Crippen molar-refractivity contribution >= 4 is 13.0 Å². The minimum atomic E-state index is -1.72. The molecule has 1 aromatic heterocycles. The van der Waals surface area contributed by atoms with Crippen molar-refractivity contribution in [1.29, 1.82) is 0 Å². The first-order valence-corrected chi connectivity index (χ1v) is 8.49. The second-order valence-corrected chi connectivity index (χ2v) is 6.92. The summed E-state index contributed by atoms with van der Waals surface area (Å²) in [5, 5.41) is 39.8. The van der Waals surface area contributed by atoms with Crippen molar-refractivity contribution in [2.24, 2.45) is 5.73 Å². The van der Waals surface area contributed by atoms with Crippen molar-refractivity contribution in [1.82, 2.24) is 20.3 Å². The smallest absolute Gasteiger partial charge is 0.534 e. The van der Waals surface area contributed by atoms with Crippen molar-refractivity contribution in [2.45, 2.75) is 44.6 Å². The van der Waals surface area contributed by atoms with Crippen LogP contribution in [0.4, 0.5) is 0 Å². The van der Waals surface area contributed by atoms with Gasteiger partial charge in [-0.1, -0.05) is 23.4 Å². The zero-order valence-electron chi connectivity index (χ0n) is 15.0. The Morgan fingerprint density at radius 1 is 1.52 bits per heavy atom. The van der Waals surface area contributed by atoms with Crippen molar-refractivity contribution < 1.29 is 24.7 Å². The van der Waals surface area contributed by atoms with Crippen LogP contribution in [-0.2, 0) is 23.3 Å². The van der Waals surface area contributed by atoms with Gasteiger partial charge in [-0.2, -0.15) is 0 Å². The predicted octanol–water partition coefficient (Wildman–Crippen LogP) is -1.41. The van der Waals surface area contributed by atoms with Crippen LogP contribution in [-0.4, -0.2) is 49.2 Å². The highest BCUT2D eigenvalue weighted by Gasteiger charge is 2.41. The van der Waals surface area contributed by atoms with E-state index in [1.54, 1.807) is 32.2 Å². The van der Waals surface area contributed by atoms with Gasteiger partial charge in [0.05, 0.1) is 17.8 Å². The minimum absolute atomic E-state index is 0.161. The van der Waals surface area contributed by atoms with Gasteiger partial charge in [0, 0.05) is 12.1 Å².